The normalized spacial score (nSPS) is 13.7. The molecule has 1 aliphatic rings. The lowest BCUT2D eigenvalue weighted by molar-refractivity contribution is 0.0853. The highest BCUT2D eigenvalue weighted by atomic mass is 79.9. The molecule has 3 aromatic rings. The Morgan fingerprint density at radius 1 is 1.08 bits per heavy atom. The number of carbonyl (C=O) groups is 3. The Balaban J connectivity index is 1.22. The van der Waals surface area contributed by atoms with Crippen molar-refractivity contribution in [3.05, 3.63) is 75.2 Å². The minimum absolute atomic E-state index is 0.0381. The van der Waals surface area contributed by atoms with E-state index in [2.05, 4.69) is 36.8 Å². The fourth-order valence-corrected chi connectivity index (χ4v) is 4.17. The summed E-state index contributed by atoms with van der Waals surface area (Å²) in [6.07, 6.45) is 0.0234. The van der Waals surface area contributed by atoms with E-state index in [-0.39, 0.29) is 40.5 Å². The van der Waals surface area contributed by atoms with Crippen molar-refractivity contribution in [3.63, 3.8) is 0 Å². The predicted molar refractivity (Wildman–Crippen MR) is 136 cm³/mol. The number of aromatic nitrogens is 2. The van der Waals surface area contributed by atoms with Crippen LogP contribution in [0.25, 0.3) is 0 Å². The van der Waals surface area contributed by atoms with Gasteiger partial charge in [0.05, 0.1) is 10.6 Å². The summed E-state index contributed by atoms with van der Waals surface area (Å²) >= 11 is 9.33. The van der Waals surface area contributed by atoms with E-state index in [1.54, 1.807) is 29.2 Å². The van der Waals surface area contributed by atoms with Crippen LogP contribution in [0.4, 0.5) is 15.4 Å². The molecule has 0 bridgehead atoms. The SMILES string of the molecule is O=C(NC1CCN(C(=O)OCc2ccccc2)CC1)Oc1n[nH]c(NC(=O)c2ccccc2Cl)c1Br. The molecule has 188 valence electrons. The minimum atomic E-state index is -0.698. The summed E-state index contributed by atoms with van der Waals surface area (Å²) in [6, 6.07) is 15.9. The third-order valence-electron chi connectivity index (χ3n) is 5.50. The van der Waals surface area contributed by atoms with Crippen LogP contribution in [0.15, 0.2) is 59.1 Å². The second kappa shape index (κ2) is 11.9. The van der Waals surface area contributed by atoms with E-state index < -0.39 is 12.0 Å². The monoisotopic (exact) mass is 575 g/mol. The van der Waals surface area contributed by atoms with Gasteiger partial charge in [-0.15, -0.1) is 5.10 Å². The third-order valence-corrected chi connectivity index (χ3v) is 6.57. The number of likely N-dealkylation sites (tertiary alicyclic amines) is 1. The zero-order chi connectivity index (χ0) is 25.5. The summed E-state index contributed by atoms with van der Waals surface area (Å²) < 4.78 is 10.9. The molecule has 2 heterocycles. The molecule has 10 nitrogen and oxygen atoms in total. The molecule has 1 fully saturated rings. The van der Waals surface area contributed by atoms with Gasteiger partial charge in [0.1, 0.15) is 16.9 Å². The minimum Gasteiger partial charge on any atom is -0.445 e. The molecule has 1 aliphatic heterocycles. The summed E-state index contributed by atoms with van der Waals surface area (Å²) in [5, 5.41) is 12.2. The predicted octanol–water partition coefficient (Wildman–Crippen LogP) is 4.97. The fraction of sp³-hybridized carbons (Fsp3) is 0.250. The third kappa shape index (κ3) is 6.55. The van der Waals surface area contributed by atoms with Crippen LogP contribution in [0.3, 0.4) is 0 Å². The Morgan fingerprint density at radius 3 is 2.50 bits per heavy atom. The fourth-order valence-electron chi connectivity index (χ4n) is 3.59. The highest BCUT2D eigenvalue weighted by molar-refractivity contribution is 9.10. The van der Waals surface area contributed by atoms with E-state index in [0.717, 1.165) is 5.56 Å². The van der Waals surface area contributed by atoms with Gasteiger partial charge in [0.2, 0.25) is 0 Å². The molecule has 4 rings (SSSR count). The largest absolute Gasteiger partial charge is 0.445 e. The van der Waals surface area contributed by atoms with E-state index in [1.165, 1.54) is 0 Å². The summed E-state index contributed by atoms with van der Waals surface area (Å²) in [4.78, 5) is 38.8. The molecule has 3 amide bonds. The molecule has 0 atom stereocenters. The lowest BCUT2D eigenvalue weighted by Gasteiger charge is -2.31. The number of piperidine rings is 1. The zero-order valence-electron chi connectivity index (χ0n) is 19.0. The molecule has 1 saturated heterocycles. The van der Waals surface area contributed by atoms with Crippen molar-refractivity contribution in [3.8, 4) is 5.88 Å². The lowest BCUT2D eigenvalue weighted by atomic mass is 10.1. The summed E-state index contributed by atoms with van der Waals surface area (Å²) in [6.45, 7) is 1.11. The number of nitrogens with one attached hydrogen (secondary N) is 3. The first-order valence-corrected chi connectivity index (χ1v) is 12.3. The Labute approximate surface area is 220 Å². The molecule has 0 radical (unpaired) electrons. The molecule has 0 aliphatic carbocycles. The Kier molecular flexibility index (Phi) is 8.44. The van der Waals surface area contributed by atoms with Crippen LogP contribution in [-0.4, -0.2) is 52.3 Å². The molecule has 2 aromatic carbocycles. The van der Waals surface area contributed by atoms with Crippen molar-refractivity contribution in [1.29, 1.82) is 0 Å². The van der Waals surface area contributed by atoms with Gasteiger partial charge in [-0.3, -0.25) is 9.89 Å². The molecule has 3 N–H and O–H groups in total. The maximum absolute atomic E-state index is 12.4. The van der Waals surface area contributed by atoms with Crippen molar-refractivity contribution in [2.45, 2.75) is 25.5 Å². The van der Waals surface area contributed by atoms with E-state index in [9.17, 15) is 14.4 Å². The van der Waals surface area contributed by atoms with Crippen LogP contribution in [0, 0.1) is 0 Å². The summed E-state index contributed by atoms with van der Waals surface area (Å²) in [7, 11) is 0. The molecule has 1 aromatic heterocycles. The van der Waals surface area contributed by atoms with Gasteiger partial charge in [-0.2, -0.15) is 0 Å². The Morgan fingerprint density at radius 2 is 1.78 bits per heavy atom. The van der Waals surface area contributed by atoms with E-state index in [1.807, 2.05) is 30.3 Å². The van der Waals surface area contributed by atoms with E-state index in [4.69, 9.17) is 21.1 Å². The van der Waals surface area contributed by atoms with Gasteiger partial charge in [0.25, 0.3) is 11.8 Å². The number of benzene rings is 2. The van der Waals surface area contributed by atoms with Crippen molar-refractivity contribution in [2.75, 3.05) is 18.4 Å². The first-order chi connectivity index (χ1) is 17.4. The number of ether oxygens (including phenoxy) is 2. The number of H-pyrrole nitrogens is 1. The second-order valence-corrected chi connectivity index (χ2v) is 9.19. The quantitative estimate of drug-likeness (QED) is 0.381. The number of hydrogen-bond acceptors (Lipinski definition) is 6. The number of hydrogen-bond donors (Lipinski definition) is 3. The van der Waals surface area contributed by atoms with Gasteiger partial charge in [-0.25, -0.2) is 9.59 Å². The molecule has 12 heteroatoms. The maximum Gasteiger partial charge on any atom is 0.414 e. The van der Waals surface area contributed by atoms with Crippen LogP contribution in [0.5, 0.6) is 5.88 Å². The van der Waals surface area contributed by atoms with Gasteiger partial charge < -0.3 is 25.0 Å². The lowest BCUT2D eigenvalue weighted by Crippen LogP contribution is -2.47. The smallest absolute Gasteiger partial charge is 0.414 e. The van der Waals surface area contributed by atoms with Crippen molar-refractivity contribution in [2.24, 2.45) is 0 Å². The van der Waals surface area contributed by atoms with E-state index in [0.29, 0.717) is 31.0 Å². The highest BCUT2D eigenvalue weighted by Crippen LogP contribution is 2.30. The van der Waals surface area contributed by atoms with Crippen LogP contribution in [0.1, 0.15) is 28.8 Å². The maximum atomic E-state index is 12.4. The van der Waals surface area contributed by atoms with Crippen molar-refractivity contribution in [1.82, 2.24) is 20.4 Å². The average Bonchev–Trinajstić information content (AvgIpc) is 3.22. The Bertz CT molecular complexity index is 1230. The summed E-state index contributed by atoms with van der Waals surface area (Å²) in [5.41, 5.74) is 1.21. The van der Waals surface area contributed by atoms with Gasteiger partial charge in [-0.05, 0) is 46.5 Å². The molecular weight excluding hydrogens is 554 g/mol. The number of carbonyl (C=O) groups excluding carboxylic acids is 3. The zero-order valence-corrected chi connectivity index (χ0v) is 21.3. The number of halogens is 2. The molecular formula is C24H23BrClN5O5. The number of amides is 3. The number of nitrogens with zero attached hydrogens (tertiary/aromatic N) is 2. The first kappa shape index (κ1) is 25.5. The van der Waals surface area contributed by atoms with Crippen molar-refractivity contribution < 1.29 is 23.9 Å². The van der Waals surface area contributed by atoms with Crippen LogP contribution in [-0.2, 0) is 11.3 Å². The van der Waals surface area contributed by atoms with Crippen LogP contribution < -0.4 is 15.4 Å². The first-order valence-electron chi connectivity index (χ1n) is 11.1. The molecule has 0 spiro atoms. The van der Waals surface area contributed by atoms with Gasteiger partial charge in [0, 0.05) is 19.1 Å². The van der Waals surface area contributed by atoms with Crippen LogP contribution in [0.2, 0.25) is 5.02 Å². The molecule has 0 saturated carbocycles. The van der Waals surface area contributed by atoms with Gasteiger partial charge >= 0.3 is 12.2 Å². The van der Waals surface area contributed by atoms with E-state index >= 15 is 0 Å². The molecule has 36 heavy (non-hydrogen) atoms. The Hall–Kier alpha value is -3.57. The number of rotatable bonds is 6. The van der Waals surface area contributed by atoms with Crippen molar-refractivity contribution >= 4 is 51.4 Å². The number of anilines is 1. The topological polar surface area (TPSA) is 126 Å². The second-order valence-electron chi connectivity index (χ2n) is 7.99. The molecule has 0 unspecified atom stereocenters. The van der Waals surface area contributed by atoms with Crippen LogP contribution >= 0.6 is 27.5 Å². The number of aromatic amines is 1. The van der Waals surface area contributed by atoms with Gasteiger partial charge in [0.15, 0.2) is 0 Å². The highest BCUT2D eigenvalue weighted by Gasteiger charge is 2.26. The summed E-state index contributed by atoms with van der Waals surface area (Å²) in [5.74, 6) is -0.274. The average molecular weight is 577 g/mol. The standard InChI is InChI=1S/C24H23BrClN5O5/c25-19-20(28-21(32)17-8-4-5-9-18(17)26)29-30-22(19)36-23(33)27-16-10-12-31(13-11-16)24(34)35-14-15-6-2-1-3-7-15/h1-9,16H,10-14H2,(H,27,33)(H2,28,29,30,32). The van der Waals surface area contributed by atoms with Gasteiger partial charge in [-0.1, -0.05) is 54.1 Å².